The van der Waals surface area contributed by atoms with E-state index in [4.69, 9.17) is 11.5 Å². The summed E-state index contributed by atoms with van der Waals surface area (Å²) >= 11 is 0. The molecule has 1 atom stereocenters. The number of hydrogen-bond acceptors (Lipinski definition) is 3. The zero-order valence-corrected chi connectivity index (χ0v) is 8.58. The second-order valence-electron chi connectivity index (χ2n) is 3.20. The number of nitrogens with two attached hydrogens (primary N) is 2. The minimum atomic E-state index is -0.621. The maximum atomic E-state index is 11.2. The van der Waals surface area contributed by atoms with Gasteiger partial charge in [0.25, 0.3) is 0 Å². The van der Waals surface area contributed by atoms with Crippen molar-refractivity contribution < 1.29 is 9.59 Å². The molecule has 0 heterocycles. The van der Waals surface area contributed by atoms with Crippen molar-refractivity contribution in [3.8, 4) is 0 Å². The first kappa shape index (κ1) is 12.9. The summed E-state index contributed by atoms with van der Waals surface area (Å²) in [6, 6.07) is -0.621. The van der Waals surface area contributed by atoms with Gasteiger partial charge in [-0.3, -0.25) is 9.59 Å². The van der Waals surface area contributed by atoms with Crippen molar-refractivity contribution in [2.24, 2.45) is 11.5 Å². The van der Waals surface area contributed by atoms with Gasteiger partial charge in [0.2, 0.25) is 11.8 Å². The molecule has 0 aliphatic rings. The summed E-state index contributed by atoms with van der Waals surface area (Å²) in [4.78, 5) is 22.1. The smallest absolute Gasteiger partial charge is 0.240 e. The predicted octanol–water partition coefficient (Wildman–Crippen LogP) is -0.504. The lowest BCUT2D eigenvalue weighted by atomic mass is 10.1. The fourth-order valence-corrected chi connectivity index (χ4v) is 1.06. The number of nitrogens with one attached hydrogen (secondary N) is 1. The summed E-state index contributed by atoms with van der Waals surface area (Å²) in [5.74, 6) is -0.663. The molecule has 0 unspecified atom stereocenters. The molecule has 0 aromatic heterocycles. The molecule has 0 bridgehead atoms. The van der Waals surface area contributed by atoms with Crippen LogP contribution in [0.1, 0.15) is 32.6 Å². The van der Waals surface area contributed by atoms with Crippen molar-refractivity contribution in [1.82, 2.24) is 5.32 Å². The number of unbranched alkanes of at least 4 members (excludes halogenated alkanes) is 1. The first-order valence-corrected chi connectivity index (χ1v) is 4.90. The van der Waals surface area contributed by atoms with Gasteiger partial charge in [-0.05, 0) is 19.4 Å². The Morgan fingerprint density at radius 2 is 2.07 bits per heavy atom. The second-order valence-corrected chi connectivity index (χ2v) is 3.20. The van der Waals surface area contributed by atoms with Crippen molar-refractivity contribution in [3.63, 3.8) is 0 Å². The van der Waals surface area contributed by atoms with Gasteiger partial charge in [0.05, 0.1) is 0 Å². The number of carbonyl (C=O) groups is 2. The molecule has 0 aromatic rings. The van der Waals surface area contributed by atoms with Crippen molar-refractivity contribution in [2.75, 3.05) is 6.54 Å². The van der Waals surface area contributed by atoms with E-state index in [1.54, 1.807) is 0 Å². The van der Waals surface area contributed by atoms with Crippen LogP contribution in [0.2, 0.25) is 0 Å². The van der Waals surface area contributed by atoms with Crippen LogP contribution in [0.3, 0.4) is 0 Å². The Morgan fingerprint density at radius 1 is 1.43 bits per heavy atom. The summed E-state index contributed by atoms with van der Waals surface area (Å²) in [6.45, 7) is 2.33. The SMILES string of the molecule is CCCCC(=O)N[C@@H](CCN)C(N)=O. The molecule has 0 rings (SSSR count). The predicted molar refractivity (Wildman–Crippen MR) is 54.3 cm³/mol. The molecule has 5 heteroatoms. The van der Waals surface area contributed by atoms with Gasteiger partial charge >= 0.3 is 0 Å². The van der Waals surface area contributed by atoms with Gasteiger partial charge in [0.1, 0.15) is 6.04 Å². The average Bonchev–Trinajstić information content (AvgIpc) is 2.14. The highest BCUT2D eigenvalue weighted by Gasteiger charge is 2.16. The standard InChI is InChI=1S/C9H19N3O2/c1-2-3-4-8(13)12-7(5-6-10)9(11)14/h7H,2-6,10H2,1H3,(H2,11,14)(H,12,13)/t7-/m0/s1. The minimum Gasteiger partial charge on any atom is -0.368 e. The maximum absolute atomic E-state index is 11.2. The fraction of sp³-hybridized carbons (Fsp3) is 0.778. The minimum absolute atomic E-state index is 0.135. The Labute approximate surface area is 84.2 Å². The van der Waals surface area contributed by atoms with Crippen LogP contribution in [0.4, 0.5) is 0 Å². The molecule has 2 amide bonds. The third-order valence-corrected chi connectivity index (χ3v) is 1.89. The quantitative estimate of drug-likeness (QED) is 0.517. The molecule has 0 saturated carbocycles. The van der Waals surface area contributed by atoms with Gasteiger partial charge < -0.3 is 16.8 Å². The van der Waals surface area contributed by atoms with Crippen LogP contribution in [-0.2, 0) is 9.59 Å². The first-order valence-electron chi connectivity index (χ1n) is 4.90. The van der Waals surface area contributed by atoms with E-state index in [1.807, 2.05) is 6.92 Å². The number of rotatable bonds is 7. The van der Waals surface area contributed by atoms with Gasteiger partial charge in [0.15, 0.2) is 0 Å². The summed E-state index contributed by atoms with van der Waals surface area (Å²) in [6.07, 6.45) is 2.60. The molecule has 14 heavy (non-hydrogen) atoms. The zero-order valence-electron chi connectivity index (χ0n) is 8.58. The lowest BCUT2D eigenvalue weighted by Gasteiger charge is -2.13. The van der Waals surface area contributed by atoms with Crippen LogP contribution in [0.25, 0.3) is 0 Å². The number of carbonyl (C=O) groups excluding carboxylic acids is 2. The molecule has 5 N–H and O–H groups in total. The first-order chi connectivity index (χ1) is 6.61. The zero-order chi connectivity index (χ0) is 11.0. The highest BCUT2D eigenvalue weighted by Crippen LogP contribution is 1.96. The topological polar surface area (TPSA) is 98.2 Å². The van der Waals surface area contributed by atoms with Crippen LogP contribution in [0, 0.1) is 0 Å². The van der Waals surface area contributed by atoms with E-state index in [9.17, 15) is 9.59 Å². The Morgan fingerprint density at radius 3 is 2.50 bits per heavy atom. The largest absolute Gasteiger partial charge is 0.368 e. The van der Waals surface area contributed by atoms with Crippen molar-refractivity contribution >= 4 is 11.8 Å². The van der Waals surface area contributed by atoms with Gasteiger partial charge in [0, 0.05) is 6.42 Å². The van der Waals surface area contributed by atoms with Crippen molar-refractivity contribution in [3.05, 3.63) is 0 Å². The van der Waals surface area contributed by atoms with E-state index < -0.39 is 11.9 Å². The highest BCUT2D eigenvalue weighted by molar-refractivity contribution is 5.86. The molecule has 0 fully saturated rings. The van der Waals surface area contributed by atoms with E-state index in [0.717, 1.165) is 12.8 Å². The van der Waals surface area contributed by atoms with Gasteiger partial charge in [-0.15, -0.1) is 0 Å². The normalized spacial score (nSPS) is 12.1. The third-order valence-electron chi connectivity index (χ3n) is 1.89. The van der Waals surface area contributed by atoms with Crippen LogP contribution >= 0.6 is 0 Å². The Bertz CT molecular complexity index is 194. The Kier molecular flexibility index (Phi) is 6.74. The number of amides is 2. The van der Waals surface area contributed by atoms with Gasteiger partial charge in [-0.2, -0.15) is 0 Å². The van der Waals surface area contributed by atoms with Crippen LogP contribution in [0.5, 0.6) is 0 Å². The number of primary amides is 1. The van der Waals surface area contributed by atoms with Crippen molar-refractivity contribution in [2.45, 2.75) is 38.6 Å². The lowest BCUT2D eigenvalue weighted by molar-refractivity contribution is -0.127. The lowest BCUT2D eigenvalue weighted by Crippen LogP contribution is -2.45. The van der Waals surface area contributed by atoms with Gasteiger partial charge in [-0.1, -0.05) is 13.3 Å². The van der Waals surface area contributed by atoms with E-state index in [0.29, 0.717) is 19.4 Å². The molecule has 82 valence electrons. The molecule has 0 saturated heterocycles. The second kappa shape index (κ2) is 7.32. The highest BCUT2D eigenvalue weighted by atomic mass is 16.2. The molecule has 0 spiro atoms. The van der Waals surface area contributed by atoms with Crippen LogP contribution in [-0.4, -0.2) is 24.4 Å². The van der Waals surface area contributed by atoms with E-state index >= 15 is 0 Å². The fourth-order valence-electron chi connectivity index (χ4n) is 1.06. The summed E-state index contributed by atoms with van der Waals surface area (Å²) in [7, 11) is 0. The molecule has 0 aromatic carbocycles. The monoisotopic (exact) mass is 201 g/mol. The number of hydrogen-bond donors (Lipinski definition) is 3. The van der Waals surface area contributed by atoms with Crippen molar-refractivity contribution in [1.29, 1.82) is 0 Å². The Balaban J connectivity index is 3.90. The molecular formula is C9H19N3O2. The molecule has 0 aliphatic carbocycles. The van der Waals surface area contributed by atoms with E-state index in [-0.39, 0.29) is 5.91 Å². The van der Waals surface area contributed by atoms with Crippen LogP contribution in [0.15, 0.2) is 0 Å². The molecular weight excluding hydrogens is 182 g/mol. The molecule has 0 aliphatic heterocycles. The summed E-state index contributed by atoms with van der Waals surface area (Å²) < 4.78 is 0. The van der Waals surface area contributed by atoms with E-state index in [1.165, 1.54) is 0 Å². The average molecular weight is 201 g/mol. The van der Waals surface area contributed by atoms with Crippen LogP contribution < -0.4 is 16.8 Å². The third kappa shape index (κ3) is 5.53. The maximum Gasteiger partial charge on any atom is 0.240 e. The molecule has 0 radical (unpaired) electrons. The summed E-state index contributed by atoms with van der Waals surface area (Å²) in [5, 5.41) is 2.56. The Hall–Kier alpha value is -1.10. The van der Waals surface area contributed by atoms with Gasteiger partial charge in [-0.25, -0.2) is 0 Å². The molecule has 5 nitrogen and oxygen atoms in total. The van der Waals surface area contributed by atoms with E-state index in [2.05, 4.69) is 5.32 Å². The summed E-state index contributed by atoms with van der Waals surface area (Å²) in [5.41, 5.74) is 10.4.